The number of rotatable bonds is 4. The first-order valence-electron chi connectivity index (χ1n) is 7.24. The lowest BCUT2D eigenvalue weighted by Gasteiger charge is -2.33. The van der Waals surface area contributed by atoms with Crippen LogP contribution in [0.15, 0.2) is 0 Å². The van der Waals surface area contributed by atoms with Gasteiger partial charge in [-0.05, 0) is 38.8 Å². The van der Waals surface area contributed by atoms with Gasteiger partial charge in [-0.3, -0.25) is 4.79 Å². The lowest BCUT2D eigenvalue weighted by molar-refractivity contribution is -0.145. The number of nitrogens with one attached hydrogen (secondary N) is 1. The van der Waals surface area contributed by atoms with E-state index in [1.165, 1.54) is 11.4 Å². The second-order valence-electron chi connectivity index (χ2n) is 5.64. The summed E-state index contributed by atoms with van der Waals surface area (Å²) in [6.07, 6.45) is 3.58. The molecule has 2 atom stereocenters. The summed E-state index contributed by atoms with van der Waals surface area (Å²) >= 11 is 0. The molecule has 116 valence electrons. The Morgan fingerprint density at radius 2 is 1.85 bits per heavy atom. The van der Waals surface area contributed by atoms with Crippen molar-refractivity contribution in [3.63, 3.8) is 0 Å². The number of piperidine rings is 1. The zero-order chi connectivity index (χ0) is 14.8. The Bertz CT molecular complexity index is 445. The van der Waals surface area contributed by atoms with Gasteiger partial charge in [0.1, 0.15) is 0 Å². The minimum atomic E-state index is -3.44. The Labute approximate surface area is 120 Å². The van der Waals surface area contributed by atoms with Crippen LogP contribution in [0.2, 0.25) is 0 Å². The van der Waals surface area contributed by atoms with Crippen molar-refractivity contribution in [1.29, 1.82) is 0 Å². The number of nitrogens with zero attached hydrogens (tertiary/aromatic N) is 1. The van der Waals surface area contributed by atoms with Gasteiger partial charge in [-0.2, -0.15) is 0 Å². The summed E-state index contributed by atoms with van der Waals surface area (Å²) in [5, 5.41) is 2.62. The van der Waals surface area contributed by atoms with E-state index in [0.717, 1.165) is 32.4 Å². The number of ether oxygens (including phenoxy) is 1. The third-order valence-corrected chi connectivity index (χ3v) is 6.99. The van der Waals surface area contributed by atoms with Gasteiger partial charge in [0.25, 0.3) is 0 Å². The van der Waals surface area contributed by atoms with E-state index in [4.69, 9.17) is 4.74 Å². The molecule has 7 heteroatoms. The second kappa shape index (κ2) is 6.41. The van der Waals surface area contributed by atoms with Gasteiger partial charge in [0, 0.05) is 13.1 Å². The first-order chi connectivity index (χ1) is 9.48. The zero-order valence-electron chi connectivity index (χ0n) is 12.2. The number of esters is 1. The third-order valence-electron chi connectivity index (χ3n) is 4.56. The van der Waals surface area contributed by atoms with E-state index in [1.807, 2.05) is 0 Å². The van der Waals surface area contributed by atoms with Crippen molar-refractivity contribution in [1.82, 2.24) is 9.62 Å². The summed E-state index contributed by atoms with van der Waals surface area (Å²) in [4.78, 5) is 11.8. The molecule has 1 aliphatic carbocycles. The van der Waals surface area contributed by atoms with Crippen molar-refractivity contribution >= 4 is 16.0 Å². The lowest BCUT2D eigenvalue weighted by atomic mass is 10.1. The maximum Gasteiger partial charge on any atom is 0.310 e. The van der Waals surface area contributed by atoms with Gasteiger partial charge in [-0.25, -0.2) is 12.7 Å². The summed E-state index contributed by atoms with van der Waals surface area (Å²) < 4.78 is 31.8. The van der Waals surface area contributed by atoms with Gasteiger partial charge in [-0.15, -0.1) is 0 Å². The molecule has 1 heterocycles. The Balaban J connectivity index is 2.13. The van der Waals surface area contributed by atoms with Crippen molar-refractivity contribution in [2.24, 2.45) is 5.92 Å². The monoisotopic (exact) mass is 304 g/mol. The van der Waals surface area contributed by atoms with Crippen molar-refractivity contribution in [2.75, 3.05) is 27.2 Å². The summed E-state index contributed by atoms with van der Waals surface area (Å²) in [5.74, 6) is -0.899. The minimum Gasteiger partial charge on any atom is -0.469 e. The summed E-state index contributed by atoms with van der Waals surface area (Å²) in [6.45, 7) is 1.69. The number of methoxy groups -OCH3 is 1. The molecule has 0 amide bonds. The number of hydrogen-bond acceptors (Lipinski definition) is 5. The second-order valence-corrected chi connectivity index (χ2v) is 7.85. The van der Waals surface area contributed by atoms with Crippen molar-refractivity contribution in [2.45, 2.75) is 43.4 Å². The Morgan fingerprint density at radius 3 is 2.45 bits per heavy atom. The Hall–Kier alpha value is -0.660. The summed E-state index contributed by atoms with van der Waals surface area (Å²) in [6, 6.07) is 0.0418. The van der Waals surface area contributed by atoms with Crippen LogP contribution in [0.1, 0.15) is 32.1 Å². The Morgan fingerprint density at radius 1 is 1.20 bits per heavy atom. The molecule has 0 bridgehead atoms. The molecule has 1 saturated carbocycles. The highest BCUT2D eigenvalue weighted by atomic mass is 32.2. The molecule has 1 saturated heterocycles. The highest BCUT2D eigenvalue weighted by Gasteiger charge is 2.45. The van der Waals surface area contributed by atoms with Crippen molar-refractivity contribution in [3.05, 3.63) is 0 Å². The van der Waals surface area contributed by atoms with Crippen LogP contribution in [0, 0.1) is 5.92 Å². The van der Waals surface area contributed by atoms with Gasteiger partial charge >= 0.3 is 5.97 Å². The van der Waals surface area contributed by atoms with E-state index < -0.39 is 27.2 Å². The SMILES string of the molecule is COC(=O)C1CCCC1S(=O)(=O)N(C)C1CCNCC1. The molecule has 20 heavy (non-hydrogen) atoms. The molecule has 2 aliphatic rings. The van der Waals surface area contributed by atoms with Crippen LogP contribution >= 0.6 is 0 Å². The number of hydrogen-bond donors (Lipinski definition) is 1. The van der Waals surface area contributed by atoms with E-state index in [-0.39, 0.29) is 6.04 Å². The highest BCUT2D eigenvalue weighted by molar-refractivity contribution is 7.89. The van der Waals surface area contributed by atoms with Gasteiger partial charge in [0.15, 0.2) is 0 Å². The fraction of sp³-hybridized carbons (Fsp3) is 0.923. The maximum atomic E-state index is 12.8. The minimum absolute atomic E-state index is 0.0418. The summed E-state index contributed by atoms with van der Waals surface area (Å²) in [5.41, 5.74) is 0. The standard InChI is InChI=1S/C13H24N2O4S/c1-15(10-6-8-14-9-7-10)20(17,18)12-5-3-4-11(12)13(16)19-2/h10-12,14H,3-9H2,1-2H3. The normalized spacial score (nSPS) is 28.8. The van der Waals surface area contributed by atoms with Crippen LogP contribution in [-0.2, 0) is 19.6 Å². The highest BCUT2D eigenvalue weighted by Crippen LogP contribution is 2.34. The topological polar surface area (TPSA) is 75.7 Å². The predicted octanol–water partition coefficient (Wildman–Crippen LogP) is 0.342. The average Bonchev–Trinajstić information content (AvgIpc) is 2.96. The summed E-state index contributed by atoms with van der Waals surface area (Å²) in [7, 11) is -0.467. The Kier molecular flexibility index (Phi) is 5.04. The molecule has 2 unspecified atom stereocenters. The molecule has 1 N–H and O–H groups in total. The number of carbonyl (C=O) groups is 1. The van der Waals surface area contributed by atoms with Crippen LogP contribution in [0.5, 0.6) is 0 Å². The van der Waals surface area contributed by atoms with E-state index in [0.29, 0.717) is 12.8 Å². The van der Waals surface area contributed by atoms with Gasteiger partial charge in [0.05, 0.1) is 18.3 Å². The van der Waals surface area contributed by atoms with Gasteiger partial charge in [-0.1, -0.05) is 6.42 Å². The number of sulfonamides is 1. The molecule has 0 spiro atoms. The molecular formula is C13H24N2O4S. The fourth-order valence-electron chi connectivity index (χ4n) is 3.30. The lowest BCUT2D eigenvalue weighted by Crippen LogP contribution is -2.48. The van der Waals surface area contributed by atoms with Crippen molar-refractivity contribution < 1.29 is 17.9 Å². The van der Waals surface area contributed by atoms with Gasteiger partial charge in [0.2, 0.25) is 10.0 Å². The van der Waals surface area contributed by atoms with Crippen molar-refractivity contribution in [3.8, 4) is 0 Å². The first kappa shape index (κ1) is 15.7. The van der Waals surface area contributed by atoms with E-state index in [2.05, 4.69) is 5.32 Å². The third kappa shape index (κ3) is 2.99. The molecule has 0 aromatic heterocycles. The van der Waals surface area contributed by atoms with E-state index in [1.54, 1.807) is 7.05 Å². The zero-order valence-corrected chi connectivity index (χ0v) is 13.0. The maximum absolute atomic E-state index is 12.8. The predicted molar refractivity (Wildman–Crippen MR) is 75.7 cm³/mol. The van der Waals surface area contributed by atoms with Gasteiger partial charge < -0.3 is 10.1 Å². The molecule has 2 fully saturated rings. The van der Waals surface area contributed by atoms with Crippen LogP contribution in [0.4, 0.5) is 0 Å². The molecule has 0 aromatic rings. The molecule has 2 rings (SSSR count). The first-order valence-corrected chi connectivity index (χ1v) is 8.74. The van der Waals surface area contributed by atoms with Crippen LogP contribution < -0.4 is 5.32 Å². The molecular weight excluding hydrogens is 280 g/mol. The molecule has 1 aliphatic heterocycles. The smallest absolute Gasteiger partial charge is 0.310 e. The molecule has 0 radical (unpaired) electrons. The van der Waals surface area contributed by atoms with Crippen LogP contribution in [-0.4, -0.2) is 57.2 Å². The van der Waals surface area contributed by atoms with Crippen LogP contribution in [0.25, 0.3) is 0 Å². The molecule has 0 aromatic carbocycles. The van der Waals surface area contributed by atoms with Crippen LogP contribution in [0.3, 0.4) is 0 Å². The quantitative estimate of drug-likeness (QED) is 0.758. The van der Waals surface area contributed by atoms with E-state index >= 15 is 0 Å². The average molecular weight is 304 g/mol. The fourth-order valence-corrected chi connectivity index (χ4v) is 5.48. The number of carbonyl (C=O) groups excluding carboxylic acids is 1. The molecule has 6 nitrogen and oxygen atoms in total. The largest absolute Gasteiger partial charge is 0.469 e. The van der Waals surface area contributed by atoms with E-state index in [9.17, 15) is 13.2 Å².